The van der Waals surface area contributed by atoms with Gasteiger partial charge in [-0.2, -0.15) is 0 Å². The van der Waals surface area contributed by atoms with Crippen molar-refractivity contribution in [3.8, 4) is 0 Å². The Hall–Kier alpha value is -4.02. The topological polar surface area (TPSA) is 120 Å². The second-order valence-electron chi connectivity index (χ2n) is 8.55. The lowest BCUT2D eigenvalue weighted by Gasteiger charge is -2.22. The van der Waals surface area contributed by atoms with Crippen molar-refractivity contribution < 1.29 is 22.8 Å². The molecule has 2 atom stereocenters. The Bertz CT molecular complexity index is 1190. The highest BCUT2D eigenvalue weighted by molar-refractivity contribution is 5.98. The van der Waals surface area contributed by atoms with Crippen LogP contribution in [0.5, 0.6) is 0 Å². The average molecular weight is 492 g/mol. The number of anilines is 2. The van der Waals surface area contributed by atoms with Crippen LogP contribution in [0.25, 0.3) is 0 Å². The van der Waals surface area contributed by atoms with Crippen LogP contribution >= 0.6 is 0 Å². The number of rotatable bonds is 4. The van der Waals surface area contributed by atoms with E-state index in [9.17, 15) is 9.59 Å². The molecule has 0 aromatic carbocycles. The first-order valence-corrected chi connectivity index (χ1v) is 11.9. The lowest BCUT2D eigenvalue weighted by Crippen LogP contribution is -2.39. The van der Waals surface area contributed by atoms with Gasteiger partial charge in [0.1, 0.15) is 29.4 Å². The fourth-order valence-electron chi connectivity index (χ4n) is 4.71. The van der Waals surface area contributed by atoms with E-state index in [1.807, 2.05) is 30.5 Å². The second-order valence-corrected chi connectivity index (χ2v) is 8.55. The summed E-state index contributed by atoms with van der Waals surface area (Å²) in [6.07, 6.45) is 8.22. The minimum atomic E-state index is -0.456. The molecule has 0 bridgehead atoms. The summed E-state index contributed by atoms with van der Waals surface area (Å²) in [7, 11) is 3.52. The highest BCUT2D eigenvalue weighted by Gasteiger charge is 2.34. The third kappa shape index (κ3) is 4.36. The van der Waals surface area contributed by atoms with E-state index in [-0.39, 0.29) is 11.8 Å². The molecule has 36 heavy (non-hydrogen) atoms. The summed E-state index contributed by atoms with van der Waals surface area (Å²) in [5.41, 5.74) is 2.16. The van der Waals surface area contributed by atoms with E-state index in [0.717, 1.165) is 35.5 Å². The SMILES string of the molecule is CNC1C(=O)N(c2ccc[nH]2)CCc2ccoc21.CNC1C(=O)N(c2ccco2)CCc2ccoc21. The van der Waals surface area contributed by atoms with Crippen LogP contribution in [0, 0.1) is 0 Å². The number of H-pyrrole nitrogens is 1. The Morgan fingerprint density at radius 3 is 1.92 bits per heavy atom. The number of carbonyl (C=O) groups excluding carboxylic acids is 2. The highest BCUT2D eigenvalue weighted by Crippen LogP contribution is 2.29. The van der Waals surface area contributed by atoms with Gasteiger partial charge in [0.25, 0.3) is 11.8 Å². The number of amides is 2. The maximum absolute atomic E-state index is 12.5. The van der Waals surface area contributed by atoms with Gasteiger partial charge in [-0.25, -0.2) is 0 Å². The third-order valence-corrected chi connectivity index (χ3v) is 6.54. The first-order valence-electron chi connectivity index (χ1n) is 11.9. The van der Waals surface area contributed by atoms with Gasteiger partial charge in [0, 0.05) is 25.4 Å². The molecule has 0 radical (unpaired) electrons. The number of furan rings is 3. The van der Waals surface area contributed by atoms with Crippen LogP contribution < -0.4 is 20.4 Å². The third-order valence-electron chi connectivity index (χ3n) is 6.54. The van der Waals surface area contributed by atoms with E-state index in [4.69, 9.17) is 13.3 Å². The Kier molecular flexibility index (Phi) is 6.79. The molecule has 4 aromatic rings. The summed E-state index contributed by atoms with van der Waals surface area (Å²) >= 11 is 0. The molecule has 6 heterocycles. The van der Waals surface area contributed by atoms with Crippen molar-refractivity contribution in [3.05, 3.63) is 84.0 Å². The number of carbonyl (C=O) groups is 2. The fourth-order valence-corrected chi connectivity index (χ4v) is 4.71. The number of nitrogens with zero attached hydrogens (tertiary/aromatic N) is 2. The van der Waals surface area contributed by atoms with Crippen molar-refractivity contribution in [2.24, 2.45) is 0 Å². The first kappa shape index (κ1) is 23.7. The highest BCUT2D eigenvalue weighted by atomic mass is 16.4. The molecule has 10 heteroatoms. The Morgan fingerprint density at radius 2 is 1.39 bits per heavy atom. The smallest absolute Gasteiger partial charge is 0.254 e. The lowest BCUT2D eigenvalue weighted by atomic mass is 10.1. The molecule has 2 aliphatic heterocycles. The predicted octanol–water partition coefficient (Wildman–Crippen LogP) is 3.18. The van der Waals surface area contributed by atoms with Crippen LogP contribution in [0.2, 0.25) is 0 Å². The average Bonchev–Trinajstić information content (AvgIpc) is 3.70. The van der Waals surface area contributed by atoms with Crippen LogP contribution in [0.15, 0.2) is 74.6 Å². The summed E-state index contributed by atoms with van der Waals surface area (Å²) in [5.74, 6) is 2.79. The second kappa shape index (κ2) is 10.3. The molecule has 2 aliphatic rings. The molecule has 0 saturated carbocycles. The van der Waals surface area contributed by atoms with Crippen LogP contribution in [0.3, 0.4) is 0 Å². The van der Waals surface area contributed by atoms with E-state index in [2.05, 4.69) is 15.6 Å². The monoisotopic (exact) mass is 491 g/mol. The molecule has 0 aliphatic carbocycles. The zero-order valence-electron chi connectivity index (χ0n) is 20.2. The molecule has 6 rings (SSSR count). The zero-order valence-corrected chi connectivity index (χ0v) is 20.2. The zero-order chi connectivity index (χ0) is 25.1. The number of aromatic amines is 1. The number of hydrogen-bond donors (Lipinski definition) is 3. The van der Waals surface area contributed by atoms with Crippen LogP contribution in [0.1, 0.15) is 34.7 Å². The van der Waals surface area contributed by atoms with Gasteiger partial charge in [-0.1, -0.05) is 0 Å². The standard InChI is InChI=1S/C13H15N3O2.C13H14N2O3/c1-14-11-12-9(5-8-18-12)4-7-16(13(11)17)10-3-2-6-15-10;1-14-11-12-9(5-8-18-12)4-6-15(13(11)16)10-3-2-7-17-10/h2-3,5-6,8,11,14-15H,4,7H2,1H3;2-3,5,7-8,11,14H,4,6H2,1H3. The van der Waals surface area contributed by atoms with Crippen molar-refractivity contribution in [2.45, 2.75) is 24.9 Å². The first-order chi connectivity index (χ1) is 17.6. The molecule has 4 aromatic heterocycles. The maximum atomic E-state index is 12.5. The van der Waals surface area contributed by atoms with Crippen molar-refractivity contribution in [2.75, 3.05) is 37.0 Å². The summed E-state index contributed by atoms with van der Waals surface area (Å²) in [5, 5.41) is 6.03. The Balaban J connectivity index is 0.000000148. The van der Waals surface area contributed by atoms with Gasteiger partial charge >= 0.3 is 0 Å². The lowest BCUT2D eigenvalue weighted by molar-refractivity contribution is -0.121. The minimum Gasteiger partial charge on any atom is -0.467 e. The number of hydrogen-bond acceptors (Lipinski definition) is 7. The number of aromatic nitrogens is 1. The van der Waals surface area contributed by atoms with E-state index < -0.39 is 12.1 Å². The normalized spacial score (nSPS) is 19.7. The number of nitrogens with one attached hydrogen (secondary N) is 3. The Morgan fingerprint density at radius 1 is 0.778 bits per heavy atom. The van der Waals surface area contributed by atoms with Gasteiger partial charge in [0.15, 0.2) is 0 Å². The van der Waals surface area contributed by atoms with Crippen molar-refractivity contribution >= 4 is 23.5 Å². The van der Waals surface area contributed by atoms with Crippen LogP contribution in [0.4, 0.5) is 11.7 Å². The number of fused-ring (bicyclic) bond motifs is 2. The summed E-state index contributed by atoms with van der Waals surface area (Å²) < 4.78 is 16.2. The molecule has 0 spiro atoms. The quantitative estimate of drug-likeness (QED) is 0.401. The van der Waals surface area contributed by atoms with Crippen molar-refractivity contribution in [1.29, 1.82) is 0 Å². The molecular weight excluding hydrogens is 462 g/mol. The Labute approximate surface area is 208 Å². The molecule has 0 fully saturated rings. The molecule has 10 nitrogen and oxygen atoms in total. The van der Waals surface area contributed by atoms with E-state index in [1.54, 1.807) is 54.8 Å². The number of likely N-dealkylation sites (N-methyl/N-ethyl adjacent to an activating group) is 2. The predicted molar refractivity (Wildman–Crippen MR) is 133 cm³/mol. The molecule has 2 unspecified atom stereocenters. The molecular formula is C26H29N5O5. The van der Waals surface area contributed by atoms with Crippen LogP contribution in [-0.2, 0) is 22.4 Å². The summed E-state index contributed by atoms with van der Waals surface area (Å²) in [6, 6.07) is 10.3. The molecule has 3 N–H and O–H groups in total. The van der Waals surface area contributed by atoms with Gasteiger partial charge in [-0.3, -0.25) is 19.4 Å². The van der Waals surface area contributed by atoms with Gasteiger partial charge < -0.3 is 28.9 Å². The molecule has 188 valence electrons. The van der Waals surface area contributed by atoms with Gasteiger partial charge in [-0.15, -0.1) is 0 Å². The van der Waals surface area contributed by atoms with Gasteiger partial charge in [-0.05, 0) is 68.4 Å². The molecule has 0 saturated heterocycles. The van der Waals surface area contributed by atoms with E-state index in [0.29, 0.717) is 24.7 Å². The summed E-state index contributed by atoms with van der Waals surface area (Å²) in [6.45, 7) is 1.25. The van der Waals surface area contributed by atoms with E-state index in [1.165, 1.54) is 0 Å². The molecule has 2 amide bonds. The van der Waals surface area contributed by atoms with Crippen molar-refractivity contribution in [3.63, 3.8) is 0 Å². The maximum Gasteiger partial charge on any atom is 0.254 e. The fraction of sp³-hybridized carbons (Fsp3) is 0.308. The largest absolute Gasteiger partial charge is 0.467 e. The van der Waals surface area contributed by atoms with Crippen LogP contribution in [-0.4, -0.2) is 44.0 Å². The van der Waals surface area contributed by atoms with E-state index >= 15 is 0 Å². The van der Waals surface area contributed by atoms with Crippen molar-refractivity contribution in [1.82, 2.24) is 15.6 Å². The minimum absolute atomic E-state index is 0.00801. The van der Waals surface area contributed by atoms with Gasteiger partial charge in [0.2, 0.25) is 5.88 Å². The summed E-state index contributed by atoms with van der Waals surface area (Å²) in [4.78, 5) is 31.5. The van der Waals surface area contributed by atoms with Gasteiger partial charge in [0.05, 0.1) is 18.8 Å².